The highest BCUT2D eigenvalue weighted by Crippen LogP contribution is 2.31. The molecule has 0 aliphatic heterocycles. The van der Waals surface area contributed by atoms with Crippen LogP contribution in [0.1, 0.15) is 67.2 Å². The van der Waals surface area contributed by atoms with Crippen molar-refractivity contribution in [1.29, 1.82) is 0 Å². The minimum atomic E-state index is 0.403. The summed E-state index contributed by atoms with van der Waals surface area (Å²) in [4.78, 5) is 0. The smallest absolute Gasteiger partial charge is 0.0134 e. The highest BCUT2D eigenvalue weighted by atomic mass is 14.2. The molecule has 112 valence electrons. The molecule has 0 heterocycles. The number of hydrogen-bond acceptors (Lipinski definition) is 0. The lowest BCUT2D eigenvalue weighted by molar-refractivity contribution is 0.464. The van der Waals surface area contributed by atoms with Crippen molar-refractivity contribution in [2.45, 2.75) is 67.2 Å². The highest BCUT2D eigenvalue weighted by Gasteiger charge is 2.17. The molecule has 0 unspecified atom stereocenters. The standard InChI is InChI=1S/2C10H16/c2*1-4-9-6-5-7-10(2,3)8-9/h5-6,8H,4,7H2,1-3H3;5-7H,4,8H2,1-3H3. The zero-order valence-corrected chi connectivity index (χ0v) is 14.3. The molecule has 0 spiro atoms. The molecule has 20 heavy (non-hydrogen) atoms. The molecule has 0 radical (unpaired) electrons. The summed E-state index contributed by atoms with van der Waals surface area (Å²) in [5.74, 6) is 0. The summed E-state index contributed by atoms with van der Waals surface area (Å²) in [5, 5.41) is 0. The van der Waals surface area contributed by atoms with E-state index in [-0.39, 0.29) is 0 Å². The van der Waals surface area contributed by atoms with Crippen molar-refractivity contribution in [2.75, 3.05) is 0 Å². The van der Waals surface area contributed by atoms with Crippen LogP contribution in [0.2, 0.25) is 0 Å². The van der Waals surface area contributed by atoms with Crippen LogP contribution in [0, 0.1) is 10.8 Å². The second kappa shape index (κ2) is 7.11. The summed E-state index contributed by atoms with van der Waals surface area (Å²) in [6.07, 6.45) is 18.4. The van der Waals surface area contributed by atoms with E-state index in [1.807, 2.05) is 0 Å². The topological polar surface area (TPSA) is 0 Å². The van der Waals surface area contributed by atoms with Gasteiger partial charge < -0.3 is 0 Å². The van der Waals surface area contributed by atoms with Gasteiger partial charge in [0.05, 0.1) is 0 Å². The first-order chi connectivity index (χ1) is 9.28. The Morgan fingerprint density at radius 1 is 1.00 bits per heavy atom. The quantitative estimate of drug-likeness (QED) is 0.530. The Balaban J connectivity index is 0.000000200. The number of allylic oxidation sites excluding steroid dienone is 8. The molecule has 0 aromatic heterocycles. The molecule has 0 fully saturated rings. The molecule has 0 saturated carbocycles. The van der Waals surface area contributed by atoms with E-state index in [9.17, 15) is 0 Å². The van der Waals surface area contributed by atoms with Gasteiger partial charge in [-0.15, -0.1) is 0 Å². The molecule has 0 aromatic carbocycles. The molecule has 2 aliphatic rings. The molecule has 0 heteroatoms. The van der Waals surface area contributed by atoms with Crippen LogP contribution < -0.4 is 0 Å². The number of rotatable bonds is 2. The van der Waals surface area contributed by atoms with Crippen LogP contribution in [0.4, 0.5) is 0 Å². The van der Waals surface area contributed by atoms with Crippen LogP contribution in [0.25, 0.3) is 0 Å². The summed E-state index contributed by atoms with van der Waals surface area (Å²) >= 11 is 0. The lowest BCUT2D eigenvalue weighted by Crippen LogP contribution is -2.10. The van der Waals surface area contributed by atoms with Crippen molar-refractivity contribution in [3.05, 3.63) is 47.6 Å². The van der Waals surface area contributed by atoms with Crippen LogP contribution in [0.3, 0.4) is 0 Å². The largest absolute Gasteiger partial charge is 0.0834 e. The van der Waals surface area contributed by atoms with Gasteiger partial charge in [-0.1, -0.05) is 89.1 Å². The van der Waals surface area contributed by atoms with Crippen LogP contribution in [0.15, 0.2) is 47.6 Å². The first kappa shape index (κ1) is 17.0. The van der Waals surface area contributed by atoms with Crippen LogP contribution in [0.5, 0.6) is 0 Å². The first-order valence-corrected chi connectivity index (χ1v) is 8.03. The first-order valence-electron chi connectivity index (χ1n) is 8.03. The SMILES string of the molecule is CCC1=CC(C)(C)CC=C1.CCC1=CC=CC(C)(C)C1. The molecule has 0 bridgehead atoms. The summed E-state index contributed by atoms with van der Waals surface area (Å²) in [5.41, 5.74) is 3.86. The minimum Gasteiger partial charge on any atom is -0.0834 e. The second-order valence-electron chi connectivity index (χ2n) is 7.37. The number of hydrogen-bond donors (Lipinski definition) is 0. The normalized spacial score (nSPS) is 22.5. The van der Waals surface area contributed by atoms with Gasteiger partial charge in [0.2, 0.25) is 0 Å². The van der Waals surface area contributed by atoms with Gasteiger partial charge in [0.15, 0.2) is 0 Å². The molecule has 2 aliphatic carbocycles. The zero-order chi connectivity index (χ0) is 15.2. The fraction of sp³-hybridized carbons (Fsp3) is 0.600. The monoisotopic (exact) mass is 272 g/mol. The Bertz CT molecular complexity index is 425. The van der Waals surface area contributed by atoms with Gasteiger partial charge >= 0.3 is 0 Å². The van der Waals surface area contributed by atoms with Gasteiger partial charge in [0.1, 0.15) is 0 Å². The van der Waals surface area contributed by atoms with Gasteiger partial charge in [-0.3, -0.25) is 0 Å². The summed E-state index contributed by atoms with van der Waals surface area (Å²) in [6, 6.07) is 0. The molecule has 0 saturated heterocycles. The maximum absolute atomic E-state index is 2.38. The van der Waals surface area contributed by atoms with Crippen molar-refractivity contribution in [1.82, 2.24) is 0 Å². The lowest BCUT2D eigenvalue weighted by atomic mass is 9.81. The third kappa shape index (κ3) is 5.94. The minimum absolute atomic E-state index is 0.403. The maximum Gasteiger partial charge on any atom is -0.0134 e. The van der Waals surface area contributed by atoms with Crippen molar-refractivity contribution >= 4 is 0 Å². The van der Waals surface area contributed by atoms with Crippen molar-refractivity contribution in [3.8, 4) is 0 Å². The van der Waals surface area contributed by atoms with E-state index in [2.05, 4.69) is 78.0 Å². The van der Waals surface area contributed by atoms with E-state index in [1.54, 1.807) is 5.57 Å². The Kier molecular flexibility index (Phi) is 6.05. The van der Waals surface area contributed by atoms with Gasteiger partial charge in [0, 0.05) is 0 Å². The Morgan fingerprint density at radius 2 is 1.70 bits per heavy atom. The van der Waals surface area contributed by atoms with Crippen LogP contribution in [-0.4, -0.2) is 0 Å². The average molecular weight is 272 g/mol. The molecule has 0 N–H and O–H groups in total. The predicted octanol–water partition coefficient (Wildman–Crippen LogP) is 6.62. The second-order valence-corrected chi connectivity index (χ2v) is 7.37. The Hall–Kier alpha value is -1.04. The lowest BCUT2D eigenvalue weighted by Gasteiger charge is -2.24. The average Bonchev–Trinajstić information content (AvgIpc) is 2.37. The van der Waals surface area contributed by atoms with Crippen molar-refractivity contribution in [2.24, 2.45) is 10.8 Å². The molecule has 0 aromatic rings. The fourth-order valence-corrected chi connectivity index (χ4v) is 2.73. The van der Waals surface area contributed by atoms with E-state index < -0.39 is 0 Å². The van der Waals surface area contributed by atoms with Crippen LogP contribution in [-0.2, 0) is 0 Å². The summed E-state index contributed by atoms with van der Waals surface area (Å²) in [6.45, 7) is 13.6. The van der Waals surface area contributed by atoms with Gasteiger partial charge in [-0.2, -0.15) is 0 Å². The van der Waals surface area contributed by atoms with Crippen molar-refractivity contribution < 1.29 is 0 Å². The molecule has 0 nitrogen and oxygen atoms in total. The highest BCUT2D eigenvalue weighted by molar-refractivity contribution is 5.25. The zero-order valence-electron chi connectivity index (χ0n) is 14.3. The van der Waals surface area contributed by atoms with Crippen LogP contribution >= 0.6 is 0 Å². The molecule has 0 amide bonds. The summed E-state index contributed by atoms with van der Waals surface area (Å²) < 4.78 is 0. The maximum atomic E-state index is 2.38. The molecule has 0 atom stereocenters. The molecule has 2 rings (SSSR count). The Labute approximate surface area is 126 Å². The van der Waals surface area contributed by atoms with Gasteiger partial charge in [0.25, 0.3) is 0 Å². The molecular weight excluding hydrogens is 240 g/mol. The van der Waals surface area contributed by atoms with E-state index >= 15 is 0 Å². The van der Waals surface area contributed by atoms with Crippen molar-refractivity contribution in [3.63, 3.8) is 0 Å². The van der Waals surface area contributed by atoms with E-state index in [0.717, 1.165) is 0 Å². The third-order valence-corrected chi connectivity index (χ3v) is 3.98. The Morgan fingerprint density at radius 3 is 2.10 bits per heavy atom. The van der Waals surface area contributed by atoms with Gasteiger partial charge in [-0.25, -0.2) is 0 Å². The predicted molar refractivity (Wildman–Crippen MR) is 91.8 cm³/mol. The van der Waals surface area contributed by atoms with E-state index in [1.165, 1.54) is 31.3 Å². The van der Waals surface area contributed by atoms with E-state index in [4.69, 9.17) is 0 Å². The molecular formula is C20H32. The fourth-order valence-electron chi connectivity index (χ4n) is 2.73. The summed E-state index contributed by atoms with van der Waals surface area (Å²) in [7, 11) is 0. The third-order valence-electron chi connectivity index (χ3n) is 3.98. The van der Waals surface area contributed by atoms with Gasteiger partial charge in [-0.05, 0) is 36.5 Å². The van der Waals surface area contributed by atoms with E-state index in [0.29, 0.717) is 10.8 Å².